The number of nitrogens with one attached hydrogen (secondary N) is 1. The highest BCUT2D eigenvalue weighted by molar-refractivity contribution is 5.71. The lowest BCUT2D eigenvalue weighted by molar-refractivity contribution is -0.143. The number of ether oxygens (including phenoxy) is 2. The van der Waals surface area contributed by atoms with Crippen LogP contribution in [0.5, 0.6) is 0 Å². The topological polar surface area (TPSA) is 84.9 Å². The molecule has 0 rings (SSSR count). The average Bonchev–Trinajstić information content (AvgIpc) is 2.22. The second-order valence-electron chi connectivity index (χ2n) is 5.76. The van der Waals surface area contributed by atoms with E-state index in [-0.39, 0.29) is 12.3 Å². The number of hydrogen-bond acceptors (Lipinski definition) is 5. The highest BCUT2D eigenvalue weighted by atomic mass is 16.6. The number of rotatable bonds is 5. The molecule has 0 radical (unpaired) electrons. The molecule has 0 spiro atoms. The van der Waals surface area contributed by atoms with Crippen molar-refractivity contribution in [3.63, 3.8) is 0 Å². The molecule has 0 aliphatic heterocycles. The van der Waals surface area contributed by atoms with Crippen LogP contribution in [0.3, 0.4) is 0 Å². The van der Waals surface area contributed by atoms with E-state index >= 15 is 0 Å². The number of alkyl carbamates (subject to hydrolysis) is 1. The molecule has 0 aliphatic carbocycles. The summed E-state index contributed by atoms with van der Waals surface area (Å²) in [5.41, 5.74) is -0.612. The van der Waals surface area contributed by atoms with Gasteiger partial charge in [0.15, 0.2) is 0 Å². The molecular formula is C13H25NO5. The van der Waals surface area contributed by atoms with Gasteiger partial charge in [-0.15, -0.1) is 0 Å². The molecule has 0 saturated heterocycles. The number of amides is 1. The second-order valence-corrected chi connectivity index (χ2v) is 5.76. The lowest BCUT2D eigenvalue weighted by atomic mass is 9.96. The van der Waals surface area contributed by atoms with Gasteiger partial charge in [0.05, 0.1) is 25.7 Å². The molecule has 0 aliphatic rings. The molecule has 2 N–H and O–H groups in total. The number of hydrogen-bond donors (Lipinski definition) is 2. The van der Waals surface area contributed by atoms with E-state index in [4.69, 9.17) is 4.74 Å². The Balaban J connectivity index is 4.57. The van der Waals surface area contributed by atoms with Gasteiger partial charge in [-0.2, -0.15) is 0 Å². The van der Waals surface area contributed by atoms with Crippen LogP contribution in [0, 0.1) is 5.92 Å². The Morgan fingerprint density at radius 2 is 1.79 bits per heavy atom. The minimum Gasteiger partial charge on any atom is -0.469 e. The van der Waals surface area contributed by atoms with Gasteiger partial charge in [-0.25, -0.2) is 4.79 Å². The van der Waals surface area contributed by atoms with Gasteiger partial charge in [0.1, 0.15) is 5.60 Å². The largest absolute Gasteiger partial charge is 0.469 e. The van der Waals surface area contributed by atoms with Crippen LogP contribution in [0.1, 0.15) is 41.0 Å². The molecule has 6 heteroatoms. The third-order valence-corrected chi connectivity index (χ3v) is 2.42. The number of aliphatic hydroxyl groups excluding tert-OH is 1. The van der Waals surface area contributed by atoms with Gasteiger partial charge in [-0.05, 0) is 26.7 Å². The van der Waals surface area contributed by atoms with Crippen LogP contribution in [0.4, 0.5) is 4.79 Å². The van der Waals surface area contributed by atoms with E-state index < -0.39 is 29.8 Å². The van der Waals surface area contributed by atoms with Crippen molar-refractivity contribution in [1.29, 1.82) is 0 Å². The number of carbonyl (C=O) groups is 2. The molecule has 19 heavy (non-hydrogen) atoms. The molecule has 0 aromatic rings. The summed E-state index contributed by atoms with van der Waals surface area (Å²) in [6.07, 6.45) is -1.80. The molecule has 1 amide bonds. The van der Waals surface area contributed by atoms with Crippen molar-refractivity contribution in [2.24, 2.45) is 5.92 Å². The summed E-state index contributed by atoms with van der Waals surface area (Å²) in [6.45, 7) is 8.93. The molecular weight excluding hydrogens is 250 g/mol. The monoisotopic (exact) mass is 275 g/mol. The predicted molar refractivity (Wildman–Crippen MR) is 70.6 cm³/mol. The van der Waals surface area contributed by atoms with Crippen LogP contribution < -0.4 is 5.32 Å². The molecule has 0 heterocycles. The molecule has 0 fully saturated rings. The first-order chi connectivity index (χ1) is 8.56. The summed E-state index contributed by atoms with van der Waals surface area (Å²) < 4.78 is 9.62. The SMILES string of the molecule is COC(=O)C[C@@H](O)[C@@H](NC(=O)OC(C)(C)C)C(C)C. The molecule has 0 bridgehead atoms. The van der Waals surface area contributed by atoms with Crippen molar-refractivity contribution in [1.82, 2.24) is 5.32 Å². The van der Waals surface area contributed by atoms with Crippen molar-refractivity contribution in [3.05, 3.63) is 0 Å². The van der Waals surface area contributed by atoms with Crippen molar-refractivity contribution in [2.45, 2.75) is 58.8 Å². The maximum Gasteiger partial charge on any atom is 0.407 e. The van der Waals surface area contributed by atoms with Gasteiger partial charge in [-0.3, -0.25) is 4.79 Å². The molecule has 0 aromatic carbocycles. The first kappa shape index (κ1) is 17.7. The summed E-state index contributed by atoms with van der Waals surface area (Å²) in [5, 5.41) is 12.5. The van der Waals surface area contributed by atoms with Gasteiger partial charge < -0.3 is 19.9 Å². The third-order valence-electron chi connectivity index (χ3n) is 2.42. The number of esters is 1. The van der Waals surface area contributed by atoms with Gasteiger partial charge in [-0.1, -0.05) is 13.8 Å². The van der Waals surface area contributed by atoms with Crippen LogP contribution in [0.25, 0.3) is 0 Å². The zero-order valence-corrected chi connectivity index (χ0v) is 12.5. The molecule has 0 aromatic heterocycles. The summed E-state index contributed by atoms with van der Waals surface area (Å²) >= 11 is 0. The first-order valence-corrected chi connectivity index (χ1v) is 6.31. The van der Waals surface area contributed by atoms with Crippen molar-refractivity contribution >= 4 is 12.1 Å². The van der Waals surface area contributed by atoms with Crippen LogP contribution in [0.2, 0.25) is 0 Å². The van der Waals surface area contributed by atoms with Crippen molar-refractivity contribution in [3.8, 4) is 0 Å². The minimum atomic E-state index is -1.01. The van der Waals surface area contributed by atoms with Crippen LogP contribution >= 0.6 is 0 Å². The fourth-order valence-electron chi connectivity index (χ4n) is 1.53. The second kappa shape index (κ2) is 7.33. The fourth-order valence-corrected chi connectivity index (χ4v) is 1.53. The Kier molecular flexibility index (Phi) is 6.83. The summed E-state index contributed by atoms with van der Waals surface area (Å²) in [5.74, 6) is -0.573. The summed E-state index contributed by atoms with van der Waals surface area (Å²) in [6, 6.07) is -0.575. The average molecular weight is 275 g/mol. The lowest BCUT2D eigenvalue weighted by Crippen LogP contribution is -2.49. The van der Waals surface area contributed by atoms with Crippen LogP contribution in [0.15, 0.2) is 0 Å². The fraction of sp³-hybridized carbons (Fsp3) is 0.846. The first-order valence-electron chi connectivity index (χ1n) is 6.31. The van der Waals surface area contributed by atoms with E-state index in [1.54, 1.807) is 20.8 Å². The van der Waals surface area contributed by atoms with E-state index in [0.717, 1.165) is 0 Å². The summed E-state index contributed by atoms with van der Waals surface area (Å²) in [7, 11) is 1.25. The Morgan fingerprint density at radius 1 is 1.26 bits per heavy atom. The quantitative estimate of drug-likeness (QED) is 0.742. The highest BCUT2D eigenvalue weighted by Gasteiger charge is 2.28. The molecule has 2 atom stereocenters. The van der Waals surface area contributed by atoms with Gasteiger partial charge >= 0.3 is 12.1 Å². The predicted octanol–water partition coefficient (Wildman–Crippen LogP) is 1.46. The van der Waals surface area contributed by atoms with E-state index in [9.17, 15) is 14.7 Å². The zero-order chi connectivity index (χ0) is 15.2. The molecule has 0 unspecified atom stereocenters. The van der Waals surface area contributed by atoms with Gasteiger partial charge in [0.2, 0.25) is 0 Å². The van der Waals surface area contributed by atoms with Crippen molar-refractivity contribution < 1.29 is 24.2 Å². The third kappa shape index (κ3) is 7.66. The maximum atomic E-state index is 11.7. The van der Waals surface area contributed by atoms with Gasteiger partial charge in [0.25, 0.3) is 0 Å². The Morgan fingerprint density at radius 3 is 2.16 bits per heavy atom. The summed E-state index contributed by atoms with van der Waals surface area (Å²) in [4.78, 5) is 22.8. The van der Waals surface area contributed by atoms with E-state index in [2.05, 4.69) is 10.1 Å². The Hall–Kier alpha value is -1.30. The van der Waals surface area contributed by atoms with E-state index in [1.165, 1.54) is 7.11 Å². The number of carbonyl (C=O) groups excluding carboxylic acids is 2. The minimum absolute atomic E-state index is 0.0489. The lowest BCUT2D eigenvalue weighted by Gasteiger charge is -2.28. The molecule has 0 saturated carbocycles. The highest BCUT2D eigenvalue weighted by Crippen LogP contribution is 2.13. The van der Waals surface area contributed by atoms with Crippen LogP contribution in [-0.2, 0) is 14.3 Å². The van der Waals surface area contributed by atoms with Gasteiger partial charge in [0, 0.05) is 0 Å². The Bertz CT molecular complexity index is 309. The van der Waals surface area contributed by atoms with E-state index in [1.807, 2.05) is 13.8 Å². The number of methoxy groups -OCH3 is 1. The Labute approximate surface area is 114 Å². The normalized spacial score (nSPS) is 14.7. The van der Waals surface area contributed by atoms with E-state index in [0.29, 0.717) is 0 Å². The van der Waals surface area contributed by atoms with Crippen LogP contribution in [-0.4, -0.2) is 42.0 Å². The molecule has 6 nitrogen and oxygen atoms in total. The van der Waals surface area contributed by atoms with Crippen molar-refractivity contribution in [2.75, 3.05) is 7.11 Å². The standard InChI is InChI=1S/C13H25NO5/c1-8(2)11(9(15)7-10(16)18-6)14-12(17)19-13(3,4)5/h8-9,11,15H,7H2,1-6H3,(H,14,17)/t9-,11+/m1/s1. The zero-order valence-electron chi connectivity index (χ0n) is 12.5. The smallest absolute Gasteiger partial charge is 0.407 e. The molecule has 112 valence electrons. The maximum absolute atomic E-state index is 11.7. The number of aliphatic hydroxyl groups is 1.